The highest BCUT2D eigenvalue weighted by molar-refractivity contribution is 6.05. The fourth-order valence-electron chi connectivity index (χ4n) is 2.83. The molecule has 128 valence electrons. The highest BCUT2D eigenvalue weighted by Crippen LogP contribution is 2.27. The molecule has 2 N–H and O–H groups in total. The molecule has 0 saturated carbocycles. The predicted molar refractivity (Wildman–Crippen MR) is 98.7 cm³/mol. The molecule has 1 amide bonds. The van der Waals surface area contributed by atoms with Gasteiger partial charge in [0.15, 0.2) is 0 Å². The summed E-state index contributed by atoms with van der Waals surface area (Å²) in [5.74, 6) is 1.03. The standard InChI is InChI=1S/C21H21NO3/c1-13-8-14(2)10-17(9-13)21(24)22-19-11-16(5-4-15(19)3)20-7-6-18(12-23)25-20/h4-11,23H,12H2,1-3H3,(H,22,24). The van der Waals surface area contributed by atoms with Crippen molar-refractivity contribution in [3.05, 3.63) is 76.5 Å². The Balaban J connectivity index is 1.89. The quantitative estimate of drug-likeness (QED) is 0.731. The molecule has 3 aromatic rings. The molecule has 0 aliphatic heterocycles. The van der Waals surface area contributed by atoms with Crippen molar-refractivity contribution in [2.45, 2.75) is 27.4 Å². The van der Waals surface area contributed by atoms with Crippen LogP contribution in [0.3, 0.4) is 0 Å². The van der Waals surface area contributed by atoms with Gasteiger partial charge in [-0.3, -0.25) is 4.79 Å². The predicted octanol–water partition coefficient (Wildman–Crippen LogP) is 4.62. The van der Waals surface area contributed by atoms with Crippen molar-refractivity contribution in [3.63, 3.8) is 0 Å². The summed E-state index contributed by atoms with van der Waals surface area (Å²) in [6.07, 6.45) is 0. The van der Waals surface area contributed by atoms with Gasteiger partial charge in [0.25, 0.3) is 5.91 Å². The van der Waals surface area contributed by atoms with Gasteiger partial charge in [-0.1, -0.05) is 29.3 Å². The third-order valence-corrected chi connectivity index (χ3v) is 4.07. The molecular weight excluding hydrogens is 314 g/mol. The van der Waals surface area contributed by atoms with E-state index in [2.05, 4.69) is 5.32 Å². The van der Waals surface area contributed by atoms with E-state index in [4.69, 9.17) is 9.52 Å². The van der Waals surface area contributed by atoms with Gasteiger partial charge in [0.1, 0.15) is 18.1 Å². The minimum atomic E-state index is -0.137. The summed E-state index contributed by atoms with van der Waals surface area (Å²) in [6, 6.07) is 15.1. The van der Waals surface area contributed by atoms with Crippen LogP contribution in [0, 0.1) is 20.8 Å². The number of carbonyl (C=O) groups is 1. The lowest BCUT2D eigenvalue weighted by molar-refractivity contribution is 0.102. The van der Waals surface area contributed by atoms with Crippen LogP contribution >= 0.6 is 0 Å². The maximum atomic E-state index is 12.6. The van der Waals surface area contributed by atoms with Crippen LogP contribution in [-0.2, 0) is 6.61 Å². The van der Waals surface area contributed by atoms with Crippen LogP contribution in [0.15, 0.2) is 52.9 Å². The zero-order chi connectivity index (χ0) is 18.0. The number of aliphatic hydroxyl groups is 1. The highest BCUT2D eigenvalue weighted by Gasteiger charge is 2.11. The summed E-state index contributed by atoms with van der Waals surface area (Å²) in [5.41, 5.74) is 5.31. The monoisotopic (exact) mass is 335 g/mol. The number of hydrogen-bond donors (Lipinski definition) is 2. The van der Waals surface area contributed by atoms with Crippen LogP contribution in [0.25, 0.3) is 11.3 Å². The van der Waals surface area contributed by atoms with Crippen molar-refractivity contribution < 1.29 is 14.3 Å². The van der Waals surface area contributed by atoms with E-state index >= 15 is 0 Å². The Morgan fingerprint density at radius 3 is 2.36 bits per heavy atom. The number of hydrogen-bond acceptors (Lipinski definition) is 3. The Bertz CT molecular complexity index is 904. The van der Waals surface area contributed by atoms with Gasteiger partial charge in [0, 0.05) is 16.8 Å². The molecule has 1 heterocycles. The SMILES string of the molecule is Cc1cc(C)cc(C(=O)Nc2cc(-c3ccc(CO)o3)ccc2C)c1. The smallest absolute Gasteiger partial charge is 0.255 e. The maximum Gasteiger partial charge on any atom is 0.255 e. The van der Waals surface area contributed by atoms with E-state index in [1.807, 2.05) is 63.2 Å². The molecule has 0 radical (unpaired) electrons. The van der Waals surface area contributed by atoms with Crippen LogP contribution in [0.2, 0.25) is 0 Å². The zero-order valence-corrected chi connectivity index (χ0v) is 14.6. The number of nitrogens with one attached hydrogen (secondary N) is 1. The van der Waals surface area contributed by atoms with Gasteiger partial charge in [-0.2, -0.15) is 0 Å². The molecule has 0 unspecified atom stereocenters. The van der Waals surface area contributed by atoms with Crippen LogP contribution in [0.1, 0.15) is 32.8 Å². The number of amides is 1. The zero-order valence-electron chi connectivity index (χ0n) is 14.6. The van der Waals surface area contributed by atoms with Gasteiger partial charge in [-0.05, 0) is 56.7 Å². The van der Waals surface area contributed by atoms with Crippen molar-refractivity contribution in [2.24, 2.45) is 0 Å². The van der Waals surface area contributed by atoms with Gasteiger partial charge in [-0.15, -0.1) is 0 Å². The van der Waals surface area contributed by atoms with E-state index in [9.17, 15) is 4.79 Å². The second-order valence-corrected chi connectivity index (χ2v) is 6.28. The molecule has 25 heavy (non-hydrogen) atoms. The summed E-state index contributed by atoms with van der Waals surface area (Å²) < 4.78 is 5.57. The van der Waals surface area contributed by atoms with E-state index in [-0.39, 0.29) is 12.5 Å². The first-order valence-electron chi connectivity index (χ1n) is 8.16. The molecule has 0 bridgehead atoms. The van der Waals surface area contributed by atoms with E-state index < -0.39 is 0 Å². The average molecular weight is 335 g/mol. The maximum absolute atomic E-state index is 12.6. The Morgan fingerprint density at radius 1 is 1.00 bits per heavy atom. The van der Waals surface area contributed by atoms with Crippen molar-refractivity contribution in [2.75, 3.05) is 5.32 Å². The fourth-order valence-corrected chi connectivity index (χ4v) is 2.83. The van der Waals surface area contributed by atoms with Crippen molar-refractivity contribution in [1.82, 2.24) is 0 Å². The summed E-state index contributed by atoms with van der Waals surface area (Å²) >= 11 is 0. The minimum absolute atomic E-state index is 0.137. The highest BCUT2D eigenvalue weighted by atomic mass is 16.4. The normalized spacial score (nSPS) is 10.7. The first kappa shape index (κ1) is 17.0. The van der Waals surface area contributed by atoms with E-state index in [0.29, 0.717) is 17.1 Å². The van der Waals surface area contributed by atoms with Crippen LogP contribution < -0.4 is 5.32 Å². The average Bonchev–Trinajstić information content (AvgIpc) is 3.05. The molecule has 0 aliphatic carbocycles. The second kappa shape index (κ2) is 6.95. The molecule has 4 nitrogen and oxygen atoms in total. The van der Waals surface area contributed by atoms with E-state index in [1.54, 1.807) is 6.07 Å². The van der Waals surface area contributed by atoms with E-state index in [1.165, 1.54) is 0 Å². The largest absolute Gasteiger partial charge is 0.459 e. The lowest BCUT2D eigenvalue weighted by atomic mass is 10.1. The molecule has 0 atom stereocenters. The topological polar surface area (TPSA) is 62.5 Å². The molecular formula is C21H21NO3. The van der Waals surface area contributed by atoms with Crippen LogP contribution in [0.4, 0.5) is 5.69 Å². The Labute approximate surface area is 147 Å². The summed E-state index contributed by atoms with van der Waals surface area (Å²) in [5, 5.41) is 12.1. The van der Waals surface area contributed by atoms with Crippen molar-refractivity contribution in [3.8, 4) is 11.3 Å². The van der Waals surface area contributed by atoms with Gasteiger partial charge in [0.05, 0.1) is 0 Å². The van der Waals surface area contributed by atoms with Gasteiger partial charge < -0.3 is 14.8 Å². The summed E-state index contributed by atoms with van der Waals surface area (Å²) in [6.45, 7) is 5.76. The molecule has 2 aromatic carbocycles. The number of furan rings is 1. The number of aryl methyl sites for hydroxylation is 3. The number of anilines is 1. The van der Waals surface area contributed by atoms with Crippen molar-refractivity contribution in [1.29, 1.82) is 0 Å². The molecule has 0 spiro atoms. The molecule has 0 saturated heterocycles. The molecule has 0 fully saturated rings. The number of rotatable bonds is 4. The second-order valence-electron chi connectivity index (χ2n) is 6.28. The van der Waals surface area contributed by atoms with Gasteiger partial charge in [0.2, 0.25) is 0 Å². The molecule has 1 aromatic heterocycles. The van der Waals surface area contributed by atoms with E-state index in [0.717, 1.165) is 27.9 Å². The van der Waals surface area contributed by atoms with Crippen LogP contribution in [-0.4, -0.2) is 11.0 Å². The summed E-state index contributed by atoms with van der Waals surface area (Å²) in [4.78, 5) is 12.6. The molecule has 4 heteroatoms. The molecule has 3 rings (SSSR count). The Morgan fingerprint density at radius 2 is 1.72 bits per heavy atom. The Hall–Kier alpha value is -2.85. The Kier molecular flexibility index (Phi) is 4.72. The number of benzene rings is 2. The first-order chi connectivity index (χ1) is 12.0. The van der Waals surface area contributed by atoms with Gasteiger partial charge >= 0.3 is 0 Å². The fraction of sp³-hybridized carbons (Fsp3) is 0.190. The van der Waals surface area contributed by atoms with Crippen LogP contribution in [0.5, 0.6) is 0 Å². The lowest BCUT2D eigenvalue weighted by Gasteiger charge is -2.11. The third-order valence-electron chi connectivity index (χ3n) is 4.07. The van der Waals surface area contributed by atoms with Gasteiger partial charge in [-0.25, -0.2) is 0 Å². The number of carbonyl (C=O) groups excluding carboxylic acids is 1. The van der Waals surface area contributed by atoms with Crippen molar-refractivity contribution >= 4 is 11.6 Å². The summed E-state index contributed by atoms with van der Waals surface area (Å²) in [7, 11) is 0. The lowest BCUT2D eigenvalue weighted by Crippen LogP contribution is -2.13. The molecule has 0 aliphatic rings. The minimum Gasteiger partial charge on any atom is -0.459 e. The number of aliphatic hydroxyl groups excluding tert-OH is 1. The third kappa shape index (κ3) is 3.80. The first-order valence-corrected chi connectivity index (χ1v) is 8.16.